The van der Waals surface area contributed by atoms with Crippen molar-refractivity contribution in [1.29, 1.82) is 5.26 Å². The van der Waals surface area contributed by atoms with Gasteiger partial charge in [0, 0.05) is 5.56 Å². The molecule has 0 atom stereocenters. The van der Waals surface area contributed by atoms with Crippen molar-refractivity contribution >= 4 is 6.29 Å². The fraction of sp³-hybridized carbons (Fsp3) is 0. The number of carbonyl (C=O) groups excluding carboxylic acids is 1. The summed E-state index contributed by atoms with van der Waals surface area (Å²) >= 11 is 0. The lowest BCUT2D eigenvalue weighted by Gasteiger charge is -2.05. The summed E-state index contributed by atoms with van der Waals surface area (Å²) in [5, 5.41) is 18.3. The number of aromatic hydroxyl groups is 1. The zero-order valence-corrected chi connectivity index (χ0v) is 8.92. The Bertz CT molecular complexity index is 612. The van der Waals surface area contributed by atoms with E-state index < -0.39 is 0 Å². The summed E-state index contributed by atoms with van der Waals surface area (Å²) in [4.78, 5) is 10.9. The van der Waals surface area contributed by atoms with Gasteiger partial charge in [-0.05, 0) is 23.3 Å². The van der Waals surface area contributed by atoms with Gasteiger partial charge in [-0.1, -0.05) is 30.3 Å². The van der Waals surface area contributed by atoms with Crippen LogP contribution >= 0.6 is 0 Å². The maximum absolute atomic E-state index is 10.9. The van der Waals surface area contributed by atoms with Crippen molar-refractivity contribution in [2.75, 3.05) is 0 Å². The first-order valence-electron chi connectivity index (χ1n) is 5.04. The Morgan fingerprint density at radius 2 is 1.94 bits per heavy atom. The monoisotopic (exact) mass is 223 g/mol. The van der Waals surface area contributed by atoms with E-state index in [0.29, 0.717) is 11.1 Å². The van der Waals surface area contributed by atoms with Crippen LogP contribution in [0.5, 0.6) is 5.75 Å². The van der Waals surface area contributed by atoms with Gasteiger partial charge in [0.1, 0.15) is 11.8 Å². The number of nitrogens with zero attached hydrogens (tertiary/aromatic N) is 1. The van der Waals surface area contributed by atoms with Crippen LogP contribution in [0.1, 0.15) is 15.9 Å². The van der Waals surface area contributed by atoms with Gasteiger partial charge in [-0.15, -0.1) is 0 Å². The highest BCUT2D eigenvalue weighted by atomic mass is 16.3. The number of hydrogen-bond acceptors (Lipinski definition) is 3. The molecule has 0 saturated heterocycles. The van der Waals surface area contributed by atoms with Crippen LogP contribution in [0.2, 0.25) is 0 Å². The molecule has 0 heterocycles. The van der Waals surface area contributed by atoms with Crippen LogP contribution in [0.3, 0.4) is 0 Å². The highest BCUT2D eigenvalue weighted by Gasteiger charge is 2.06. The molecule has 0 radical (unpaired) electrons. The van der Waals surface area contributed by atoms with E-state index in [4.69, 9.17) is 5.26 Å². The van der Waals surface area contributed by atoms with E-state index in [9.17, 15) is 9.90 Å². The van der Waals surface area contributed by atoms with Crippen molar-refractivity contribution in [1.82, 2.24) is 0 Å². The normalized spacial score (nSPS) is 9.59. The van der Waals surface area contributed by atoms with Crippen LogP contribution < -0.4 is 0 Å². The molecule has 17 heavy (non-hydrogen) atoms. The van der Waals surface area contributed by atoms with E-state index in [1.807, 2.05) is 12.1 Å². The lowest BCUT2D eigenvalue weighted by atomic mass is 9.99. The second kappa shape index (κ2) is 4.50. The Morgan fingerprint density at radius 1 is 1.18 bits per heavy atom. The van der Waals surface area contributed by atoms with Crippen LogP contribution in [-0.4, -0.2) is 11.4 Å². The zero-order valence-electron chi connectivity index (χ0n) is 8.92. The van der Waals surface area contributed by atoms with Gasteiger partial charge in [0.2, 0.25) is 0 Å². The van der Waals surface area contributed by atoms with Gasteiger partial charge in [-0.3, -0.25) is 4.79 Å². The third-order valence-corrected chi connectivity index (χ3v) is 2.52. The van der Waals surface area contributed by atoms with Crippen molar-refractivity contribution in [2.24, 2.45) is 0 Å². The minimum absolute atomic E-state index is 0.0781. The Labute approximate surface area is 98.6 Å². The van der Waals surface area contributed by atoms with E-state index in [0.717, 1.165) is 11.8 Å². The highest BCUT2D eigenvalue weighted by molar-refractivity contribution is 5.87. The van der Waals surface area contributed by atoms with Crippen molar-refractivity contribution in [3.8, 4) is 22.9 Å². The van der Waals surface area contributed by atoms with Crippen LogP contribution in [0.15, 0.2) is 42.5 Å². The summed E-state index contributed by atoms with van der Waals surface area (Å²) in [6.45, 7) is 0. The molecule has 1 N–H and O–H groups in total. The van der Waals surface area contributed by atoms with Gasteiger partial charge in [0.15, 0.2) is 6.29 Å². The topological polar surface area (TPSA) is 61.1 Å². The molecule has 0 aliphatic heterocycles. The molecule has 2 rings (SSSR count). The van der Waals surface area contributed by atoms with Gasteiger partial charge >= 0.3 is 0 Å². The predicted octanol–water partition coefficient (Wildman–Crippen LogP) is 2.74. The average molecular weight is 223 g/mol. The fourth-order valence-electron chi connectivity index (χ4n) is 1.66. The summed E-state index contributed by atoms with van der Waals surface area (Å²) in [5.74, 6) is -0.0781. The van der Waals surface area contributed by atoms with Crippen LogP contribution in [0.4, 0.5) is 0 Å². The minimum Gasteiger partial charge on any atom is -0.507 e. The molecule has 2 aromatic rings. The number of nitriles is 1. The van der Waals surface area contributed by atoms with Gasteiger partial charge in [-0.25, -0.2) is 0 Å². The fourth-order valence-corrected chi connectivity index (χ4v) is 1.66. The van der Waals surface area contributed by atoms with E-state index in [2.05, 4.69) is 0 Å². The highest BCUT2D eigenvalue weighted by Crippen LogP contribution is 2.27. The molecular weight excluding hydrogens is 214 g/mol. The molecule has 3 heteroatoms. The third-order valence-electron chi connectivity index (χ3n) is 2.52. The second-order valence-corrected chi connectivity index (χ2v) is 3.55. The first-order chi connectivity index (χ1) is 8.26. The summed E-state index contributed by atoms with van der Waals surface area (Å²) in [5.41, 5.74) is 2.22. The first kappa shape index (κ1) is 10.9. The Hall–Kier alpha value is -2.60. The maximum atomic E-state index is 10.9. The molecule has 0 unspecified atom stereocenters. The number of benzene rings is 2. The van der Waals surface area contributed by atoms with Crippen molar-refractivity contribution in [3.05, 3.63) is 53.6 Å². The van der Waals surface area contributed by atoms with Crippen LogP contribution in [0.25, 0.3) is 11.1 Å². The van der Waals surface area contributed by atoms with Gasteiger partial charge in [0.25, 0.3) is 0 Å². The molecule has 0 aliphatic carbocycles. The molecular formula is C14H9NO2. The first-order valence-corrected chi connectivity index (χ1v) is 5.04. The number of carbonyl (C=O) groups is 1. The number of phenols is 1. The van der Waals surface area contributed by atoms with Crippen molar-refractivity contribution < 1.29 is 9.90 Å². The zero-order chi connectivity index (χ0) is 12.3. The summed E-state index contributed by atoms with van der Waals surface area (Å²) < 4.78 is 0. The van der Waals surface area contributed by atoms with Crippen molar-refractivity contribution in [2.45, 2.75) is 0 Å². The molecule has 0 aromatic heterocycles. The van der Waals surface area contributed by atoms with E-state index in [1.165, 1.54) is 12.1 Å². The van der Waals surface area contributed by atoms with Gasteiger partial charge in [-0.2, -0.15) is 5.26 Å². The molecule has 3 nitrogen and oxygen atoms in total. The molecule has 82 valence electrons. The van der Waals surface area contributed by atoms with Crippen molar-refractivity contribution in [3.63, 3.8) is 0 Å². The van der Waals surface area contributed by atoms with E-state index >= 15 is 0 Å². The molecule has 0 fully saturated rings. The Morgan fingerprint density at radius 3 is 2.59 bits per heavy atom. The summed E-state index contributed by atoms with van der Waals surface area (Å²) in [6, 6.07) is 13.7. The van der Waals surface area contributed by atoms with Gasteiger partial charge in [0.05, 0.1) is 5.56 Å². The number of aldehydes is 1. The van der Waals surface area contributed by atoms with Gasteiger partial charge < -0.3 is 5.11 Å². The SMILES string of the molecule is N#Cc1ccc(-c2ccccc2C=O)cc1O. The lowest BCUT2D eigenvalue weighted by Crippen LogP contribution is -1.87. The number of rotatable bonds is 2. The summed E-state index contributed by atoms with van der Waals surface area (Å²) in [7, 11) is 0. The predicted molar refractivity (Wildman–Crippen MR) is 63.6 cm³/mol. The molecule has 0 aliphatic rings. The molecule has 0 saturated carbocycles. The Kier molecular flexibility index (Phi) is 2.89. The standard InChI is InChI=1S/C14H9NO2/c15-8-11-6-5-10(7-14(11)17)13-4-2-1-3-12(13)9-16/h1-7,9,17H. The van der Waals surface area contributed by atoms with E-state index in [1.54, 1.807) is 24.3 Å². The van der Waals surface area contributed by atoms with Crippen LogP contribution in [0, 0.1) is 11.3 Å². The minimum atomic E-state index is -0.0781. The smallest absolute Gasteiger partial charge is 0.150 e. The largest absolute Gasteiger partial charge is 0.507 e. The second-order valence-electron chi connectivity index (χ2n) is 3.55. The quantitative estimate of drug-likeness (QED) is 0.796. The van der Waals surface area contributed by atoms with E-state index in [-0.39, 0.29) is 11.3 Å². The third kappa shape index (κ3) is 2.01. The lowest BCUT2D eigenvalue weighted by molar-refractivity contribution is 0.112. The maximum Gasteiger partial charge on any atom is 0.150 e. The average Bonchev–Trinajstić information content (AvgIpc) is 2.38. The molecule has 0 bridgehead atoms. The summed E-state index contributed by atoms with van der Waals surface area (Å²) in [6.07, 6.45) is 0.768. The molecule has 0 amide bonds. The molecule has 0 spiro atoms. The number of phenolic OH excluding ortho intramolecular Hbond substituents is 1. The number of hydrogen-bond donors (Lipinski definition) is 1. The van der Waals surface area contributed by atoms with Crippen LogP contribution in [-0.2, 0) is 0 Å². The molecule has 2 aromatic carbocycles. The Balaban J connectivity index is 2.58.